The summed E-state index contributed by atoms with van der Waals surface area (Å²) in [7, 11) is 0. The Morgan fingerprint density at radius 3 is 2.92 bits per heavy atom. The van der Waals surface area contributed by atoms with Crippen LogP contribution >= 0.6 is 0 Å². The SMILES string of the molecule is OC=Cc1nc2ccccc2[nH]1. The summed E-state index contributed by atoms with van der Waals surface area (Å²) in [4.78, 5) is 7.24. The molecule has 60 valence electrons. The number of hydrogen-bond donors (Lipinski definition) is 2. The number of hydrogen-bond acceptors (Lipinski definition) is 2. The Bertz CT molecular complexity index is 384. The molecular weight excluding hydrogens is 152 g/mol. The number of aliphatic hydroxyl groups excluding tert-OH is 1. The minimum atomic E-state index is 0.665. The molecule has 2 aromatic rings. The average Bonchev–Trinajstić information content (AvgIpc) is 2.47. The molecule has 0 saturated heterocycles. The van der Waals surface area contributed by atoms with E-state index in [-0.39, 0.29) is 0 Å². The van der Waals surface area contributed by atoms with Crippen LogP contribution in [0.4, 0.5) is 0 Å². The Kier molecular flexibility index (Phi) is 1.55. The highest BCUT2D eigenvalue weighted by atomic mass is 16.2. The lowest BCUT2D eigenvalue weighted by Gasteiger charge is -1.81. The fourth-order valence-electron chi connectivity index (χ4n) is 1.12. The minimum Gasteiger partial charge on any atom is -0.515 e. The fourth-order valence-corrected chi connectivity index (χ4v) is 1.12. The summed E-state index contributed by atoms with van der Waals surface area (Å²) in [6.07, 6.45) is 2.48. The van der Waals surface area contributed by atoms with Crippen molar-refractivity contribution < 1.29 is 5.11 Å². The summed E-state index contributed by atoms with van der Waals surface area (Å²) in [5, 5.41) is 8.50. The molecular formula is C9H8N2O. The first kappa shape index (κ1) is 6.91. The number of para-hydroxylation sites is 2. The van der Waals surface area contributed by atoms with Gasteiger partial charge in [-0.05, 0) is 12.1 Å². The Balaban J connectivity index is 2.62. The molecule has 0 spiro atoms. The van der Waals surface area contributed by atoms with Gasteiger partial charge >= 0.3 is 0 Å². The summed E-state index contributed by atoms with van der Waals surface area (Å²) in [5.74, 6) is 0.665. The molecule has 3 nitrogen and oxygen atoms in total. The van der Waals surface area contributed by atoms with Gasteiger partial charge in [-0.15, -0.1) is 0 Å². The number of aromatic nitrogens is 2. The lowest BCUT2D eigenvalue weighted by Crippen LogP contribution is -1.71. The van der Waals surface area contributed by atoms with Crippen molar-refractivity contribution in [1.29, 1.82) is 0 Å². The van der Waals surface area contributed by atoms with Crippen molar-refractivity contribution in [3.05, 3.63) is 36.4 Å². The van der Waals surface area contributed by atoms with E-state index in [1.807, 2.05) is 24.3 Å². The van der Waals surface area contributed by atoms with Crippen LogP contribution in [0.2, 0.25) is 0 Å². The largest absolute Gasteiger partial charge is 0.515 e. The topological polar surface area (TPSA) is 48.9 Å². The smallest absolute Gasteiger partial charge is 0.134 e. The van der Waals surface area contributed by atoms with Crippen LogP contribution in [0.25, 0.3) is 17.1 Å². The second kappa shape index (κ2) is 2.70. The van der Waals surface area contributed by atoms with Crippen LogP contribution in [0, 0.1) is 0 Å². The number of nitrogens with one attached hydrogen (secondary N) is 1. The van der Waals surface area contributed by atoms with E-state index in [0.717, 1.165) is 17.3 Å². The van der Waals surface area contributed by atoms with Gasteiger partial charge in [0.05, 0.1) is 17.3 Å². The number of nitrogens with zero attached hydrogens (tertiary/aromatic N) is 1. The number of aliphatic hydroxyl groups is 1. The zero-order valence-corrected chi connectivity index (χ0v) is 6.36. The molecule has 0 amide bonds. The molecule has 1 aromatic heterocycles. The number of imidazole rings is 1. The van der Waals surface area contributed by atoms with Crippen LogP contribution in [-0.2, 0) is 0 Å². The van der Waals surface area contributed by atoms with Crippen LogP contribution < -0.4 is 0 Å². The van der Waals surface area contributed by atoms with Gasteiger partial charge in [0.15, 0.2) is 0 Å². The lowest BCUT2D eigenvalue weighted by atomic mass is 10.3. The first-order chi connectivity index (χ1) is 5.90. The number of fused-ring (bicyclic) bond motifs is 1. The number of H-pyrrole nitrogens is 1. The van der Waals surface area contributed by atoms with E-state index < -0.39 is 0 Å². The van der Waals surface area contributed by atoms with Crippen molar-refractivity contribution in [3.8, 4) is 0 Å². The molecule has 0 bridgehead atoms. The van der Waals surface area contributed by atoms with Crippen molar-refractivity contribution in [3.63, 3.8) is 0 Å². The van der Waals surface area contributed by atoms with E-state index in [1.54, 1.807) is 0 Å². The van der Waals surface area contributed by atoms with Crippen molar-refractivity contribution in [2.75, 3.05) is 0 Å². The predicted octanol–water partition coefficient (Wildman–Crippen LogP) is 2.09. The summed E-state index contributed by atoms with van der Waals surface area (Å²) in [6, 6.07) is 7.72. The number of aromatic amines is 1. The summed E-state index contributed by atoms with van der Waals surface area (Å²) in [6.45, 7) is 0. The number of benzene rings is 1. The van der Waals surface area contributed by atoms with Crippen molar-refractivity contribution in [1.82, 2.24) is 9.97 Å². The third kappa shape index (κ3) is 1.05. The summed E-state index contributed by atoms with van der Waals surface area (Å²) < 4.78 is 0. The van der Waals surface area contributed by atoms with E-state index in [0.29, 0.717) is 5.82 Å². The van der Waals surface area contributed by atoms with Gasteiger partial charge in [-0.25, -0.2) is 4.98 Å². The van der Waals surface area contributed by atoms with Crippen LogP contribution in [-0.4, -0.2) is 15.1 Å². The van der Waals surface area contributed by atoms with E-state index in [2.05, 4.69) is 9.97 Å². The van der Waals surface area contributed by atoms with Gasteiger partial charge in [-0.2, -0.15) is 0 Å². The predicted molar refractivity (Wildman–Crippen MR) is 47.8 cm³/mol. The lowest BCUT2D eigenvalue weighted by molar-refractivity contribution is 0.478. The molecule has 1 heterocycles. The van der Waals surface area contributed by atoms with Crippen molar-refractivity contribution in [2.45, 2.75) is 0 Å². The summed E-state index contributed by atoms with van der Waals surface area (Å²) >= 11 is 0. The average molecular weight is 160 g/mol. The first-order valence-electron chi connectivity index (χ1n) is 3.65. The van der Waals surface area contributed by atoms with Crippen LogP contribution in [0.3, 0.4) is 0 Å². The molecule has 0 unspecified atom stereocenters. The third-order valence-corrected chi connectivity index (χ3v) is 1.64. The molecule has 0 aliphatic heterocycles. The Hall–Kier alpha value is -1.77. The standard InChI is InChI=1S/C9H8N2O/c12-6-5-9-10-7-3-1-2-4-8(7)11-9/h1-6,12H,(H,10,11). The quantitative estimate of drug-likeness (QED) is 0.627. The highest BCUT2D eigenvalue weighted by molar-refractivity contribution is 5.76. The number of rotatable bonds is 1. The second-order valence-corrected chi connectivity index (χ2v) is 2.45. The zero-order valence-electron chi connectivity index (χ0n) is 6.36. The first-order valence-corrected chi connectivity index (χ1v) is 3.65. The van der Waals surface area contributed by atoms with E-state index in [1.165, 1.54) is 6.08 Å². The monoisotopic (exact) mass is 160 g/mol. The van der Waals surface area contributed by atoms with Gasteiger partial charge in [0.2, 0.25) is 0 Å². The van der Waals surface area contributed by atoms with Crippen LogP contribution in [0.15, 0.2) is 30.5 Å². The molecule has 0 atom stereocenters. The maximum Gasteiger partial charge on any atom is 0.134 e. The highest BCUT2D eigenvalue weighted by Gasteiger charge is 1.96. The molecule has 0 aliphatic carbocycles. The molecule has 0 aliphatic rings. The van der Waals surface area contributed by atoms with E-state index in [9.17, 15) is 0 Å². The van der Waals surface area contributed by atoms with Gasteiger partial charge in [0.1, 0.15) is 5.82 Å². The Morgan fingerprint density at radius 2 is 2.17 bits per heavy atom. The maximum atomic E-state index is 8.50. The maximum absolute atomic E-state index is 8.50. The van der Waals surface area contributed by atoms with E-state index in [4.69, 9.17) is 5.11 Å². The highest BCUT2D eigenvalue weighted by Crippen LogP contribution is 2.10. The molecule has 12 heavy (non-hydrogen) atoms. The summed E-state index contributed by atoms with van der Waals surface area (Å²) in [5.41, 5.74) is 1.89. The van der Waals surface area contributed by atoms with Crippen LogP contribution in [0.5, 0.6) is 0 Å². The molecule has 1 aromatic carbocycles. The fraction of sp³-hybridized carbons (Fsp3) is 0. The molecule has 0 fully saturated rings. The minimum absolute atomic E-state index is 0.665. The van der Waals surface area contributed by atoms with Gasteiger partial charge < -0.3 is 10.1 Å². The zero-order chi connectivity index (χ0) is 8.39. The molecule has 0 radical (unpaired) electrons. The normalized spacial score (nSPS) is 11.3. The molecule has 3 heteroatoms. The van der Waals surface area contributed by atoms with Crippen LogP contribution in [0.1, 0.15) is 5.82 Å². The van der Waals surface area contributed by atoms with Gasteiger partial charge in [0, 0.05) is 6.08 Å². The molecule has 0 saturated carbocycles. The second-order valence-electron chi connectivity index (χ2n) is 2.45. The third-order valence-electron chi connectivity index (χ3n) is 1.64. The van der Waals surface area contributed by atoms with Crippen molar-refractivity contribution >= 4 is 17.1 Å². The molecule has 2 rings (SSSR count). The molecule has 2 N–H and O–H groups in total. The van der Waals surface area contributed by atoms with Gasteiger partial charge in [0.25, 0.3) is 0 Å². The van der Waals surface area contributed by atoms with Gasteiger partial charge in [-0.1, -0.05) is 12.1 Å². The Labute approximate surface area is 69.4 Å². The Morgan fingerprint density at radius 1 is 1.33 bits per heavy atom. The van der Waals surface area contributed by atoms with Crippen molar-refractivity contribution in [2.24, 2.45) is 0 Å². The van der Waals surface area contributed by atoms with E-state index >= 15 is 0 Å². The van der Waals surface area contributed by atoms with Gasteiger partial charge in [-0.3, -0.25) is 0 Å².